The molecular weight excluding hydrogens is 702 g/mol. The number of nitrogens with one attached hydrogen (secondary N) is 1. The minimum absolute atomic E-state index is 0.0442. The average molecular weight is 762 g/mol. The maximum Gasteiger partial charge on any atom is 0.412 e. The van der Waals surface area contributed by atoms with Crippen molar-refractivity contribution >= 4 is 17.7 Å². The number of nitrogens with zero attached hydrogens (tertiary/aromatic N) is 2. The number of amides is 2. The van der Waals surface area contributed by atoms with Crippen molar-refractivity contribution in [2.45, 2.75) is 89.4 Å². The van der Waals surface area contributed by atoms with E-state index in [9.17, 15) is 19.8 Å². The van der Waals surface area contributed by atoms with E-state index in [0.717, 1.165) is 48.1 Å². The van der Waals surface area contributed by atoms with Gasteiger partial charge in [-0.1, -0.05) is 49.2 Å². The molecule has 55 heavy (non-hydrogen) atoms. The van der Waals surface area contributed by atoms with Crippen LogP contribution in [-0.4, -0.2) is 91.8 Å². The number of ether oxygens (including phenoxy) is 4. The van der Waals surface area contributed by atoms with Crippen molar-refractivity contribution in [1.82, 2.24) is 10.2 Å². The Morgan fingerprint density at radius 2 is 1.84 bits per heavy atom. The first-order valence-corrected chi connectivity index (χ1v) is 19.8. The summed E-state index contributed by atoms with van der Waals surface area (Å²) in [4.78, 5) is 34.7. The summed E-state index contributed by atoms with van der Waals surface area (Å²) in [7, 11) is 3.14. The van der Waals surface area contributed by atoms with Crippen LogP contribution in [0.25, 0.3) is 0 Å². The summed E-state index contributed by atoms with van der Waals surface area (Å²) in [5, 5.41) is 27.0. The second-order valence-electron chi connectivity index (χ2n) is 14.5. The second-order valence-corrected chi connectivity index (χ2v) is 14.5. The molecule has 3 N–H and O–H groups in total. The lowest BCUT2D eigenvalue weighted by molar-refractivity contribution is -0.257. The van der Waals surface area contributed by atoms with Gasteiger partial charge in [-0.3, -0.25) is 4.79 Å². The molecule has 2 aliphatic carbocycles. The molecule has 12 nitrogen and oxygen atoms in total. The van der Waals surface area contributed by atoms with E-state index in [0.29, 0.717) is 56.0 Å². The molecular formula is C43H59N3O9. The lowest BCUT2D eigenvalue weighted by atomic mass is 9.55. The highest BCUT2D eigenvalue weighted by Crippen LogP contribution is 2.62. The molecule has 0 bridgehead atoms. The number of hydrogen-bond acceptors (Lipinski definition) is 10. The van der Waals surface area contributed by atoms with E-state index in [1.165, 1.54) is 7.11 Å². The van der Waals surface area contributed by atoms with Crippen molar-refractivity contribution in [3.63, 3.8) is 0 Å². The third kappa shape index (κ3) is 9.36. The van der Waals surface area contributed by atoms with Gasteiger partial charge in [0, 0.05) is 44.2 Å². The minimum atomic E-state index is -1.36. The van der Waals surface area contributed by atoms with Crippen LogP contribution in [0.1, 0.15) is 82.3 Å². The van der Waals surface area contributed by atoms with Gasteiger partial charge >= 0.3 is 6.09 Å². The number of fused-ring (bicyclic) bond motifs is 2. The molecule has 5 rings (SSSR count). The zero-order valence-electron chi connectivity index (χ0n) is 32.8. The highest BCUT2D eigenvalue weighted by Gasteiger charge is 2.65. The zero-order chi connectivity index (χ0) is 39.4. The Labute approximate surface area is 325 Å². The van der Waals surface area contributed by atoms with Crippen LogP contribution >= 0.6 is 0 Å². The molecule has 2 aromatic carbocycles. The Morgan fingerprint density at radius 3 is 2.53 bits per heavy atom. The van der Waals surface area contributed by atoms with E-state index in [2.05, 4.69) is 23.1 Å². The molecule has 0 spiro atoms. The summed E-state index contributed by atoms with van der Waals surface area (Å²) < 4.78 is 25.4. The number of carbonyl (C=O) groups excluding carboxylic acids is 2. The molecule has 300 valence electrons. The lowest BCUT2D eigenvalue weighted by Gasteiger charge is -2.60. The van der Waals surface area contributed by atoms with Gasteiger partial charge in [0.1, 0.15) is 30.4 Å². The molecule has 6 atom stereocenters. The number of unbranched alkanes of at least 4 members (excludes halogenated alkanes) is 2. The molecule has 1 aliphatic heterocycles. The predicted molar refractivity (Wildman–Crippen MR) is 210 cm³/mol. The van der Waals surface area contributed by atoms with E-state index in [4.69, 9.17) is 23.8 Å². The van der Waals surface area contributed by atoms with Crippen LogP contribution in [0.4, 0.5) is 4.79 Å². The highest BCUT2D eigenvalue weighted by atomic mass is 16.7. The molecule has 0 saturated heterocycles. The number of rotatable bonds is 20. The Bertz CT molecular complexity index is 1680. The van der Waals surface area contributed by atoms with Crippen LogP contribution in [0, 0.1) is 17.8 Å². The van der Waals surface area contributed by atoms with E-state index in [1.807, 2.05) is 55.1 Å². The van der Waals surface area contributed by atoms with Crippen LogP contribution in [0.3, 0.4) is 0 Å². The van der Waals surface area contributed by atoms with Gasteiger partial charge in [-0.15, -0.1) is 6.58 Å². The minimum Gasteiger partial charge on any atom is -0.497 e. The van der Waals surface area contributed by atoms with Crippen molar-refractivity contribution in [3.8, 4) is 17.2 Å². The van der Waals surface area contributed by atoms with Gasteiger partial charge in [-0.05, 0) is 92.3 Å². The molecule has 0 aromatic heterocycles. The molecule has 1 fully saturated rings. The van der Waals surface area contributed by atoms with Crippen LogP contribution < -0.4 is 19.5 Å². The summed E-state index contributed by atoms with van der Waals surface area (Å²) in [5.41, 5.74) is 3.36. The summed E-state index contributed by atoms with van der Waals surface area (Å²) in [6.45, 7) is 9.10. The number of oxime groups is 1. The first-order valence-electron chi connectivity index (χ1n) is 19.8. The monoisotopic (exact) mass is 761 g/mol. The Hall–Kier alpha value is -4.39. The van der Waals surface area contributed by atoms with Crippen LogP contribution in [0.15, 0.2) is 71.9 Å². The lowest BCUT2D eigenvalue weighted by Crippen LogP contribution is -2.70. The summed E-state index contributed by atoms with van der Waals surface area (Å²) in [5.74, 6) is -0.361. The highest BCUT2D eigenvalue weighted by molar-refractivity contribution is 6.03. The molecule has 2 amide bonds. The molecule has 0 radical (unpaired) electrons. The first kappa shape index (κ1) is 41.8. The van der Waals surface area contributed by atoms with Gasteiger partial charge < -0.3 is 44.2 Å². The smallest absolute Gasteiger partial charge is 0.412 e. The van der Waals surface area contributed by atoms with Crippen LogP contribution in [0.5, 0.6) is 17.2 Å². The van der Waals surface area contributed by atoms with Crippen LogP contribution in [0.2, 0.25) is 0 Å². The maximum atomic E-state index is 14.7. The number of allylic oxidation sites excluding steroid dienone is 1. The third-order valence-corrected chi connectivity index (χ3v) is 11.0. The van der Waals surface area contributed by atoms with Crippen LogP contribution in [-0.2, 0) is 20.8 Å². The normalized spacial score (nSPS) is 24.4. The van der Waals surface area contributed by atoms with Gasteiger partial charge in [-0.25, -0.2) is 4.79 Å². The molecule has 12 heteroatoms. The van der Waals surface area contributed by atoms with E-state index >= 15 is 0 Å². The van der Waals surface area contributed by atoms with Gasteiger partial charge in [0.05, 0.1) is 31.8 Å². The Morgan fingerprint density at radius 1 is 1.05 bits per heavy atom. The number of methoxy groups -OCH3 is 1. The van der Waals surface area contributed by atoms with Crippen molar-refractivity contribution in [2.75, 3.05) is 47.1 Å². The van der Waals surface area contributed by atoms with Crippen molar-refractivity contribution in [1.29, 1.82) is 0 Å². The van der Waals surface area contributed by atoms with Gasteiger partial charge in [0.2, 0.25) is 11.7 Å². The van der Waals surface area contributed by atoms with Crippen molar-refractivity contribution in [3.05, 3.63) is 77.9 Å². The zero-order valence-corrected chi connectivity index (χ0v) is 32.8. The van der Waals surface area contributed by atoms with E-state index < -0.39 is 23.8 Å². The third-order valence-electron chi connectivity index (χ3n) is 11.0. The fourth-order valence-corrected chi connectivity index (χ4v) is 8.86. The van der Waals surface area contributed by atoms with E-state index in [-0.39, 0.29) is 49.9 Å². The van der Waals surface area contributed by atoms with Crippen molar-refractivity contribution < 1.29 is 43.6 Å². The number of hydrogen-bond donors (Lipinski definition) is 3. The van der Waals surface area contributed by atoms with Gasteiger partial charge in [0.15, 0.2) is 0 Å². The number of aliphatic hydroxyl groups is 2. The Kier molecular flexibility index (Phi) is 15.2. The first-order chi connectivity index (χ1) is 26.8. The largest absolute Gasteiger partial charge is 0.497 e. The molecule has 1 heterocycles. The maximum absolute atomic E-state index is 14.7. The number of benzene rings is 2. The molecule has 6 unspecified atom stereocenters. The van der Waals surface area contributed by atoms with E-state index in [1.54, 1.807) is 19.3 Å². The SMILES string of the molecule is C=CCOC12Oc3ccc(OC(=O)NCC)cc3C3C(CCCCO)C(CCCCO)C=C(C(=NOC)CC1N(CCC)C(=O)Cc1cccc(OC)c1)C32. The van der Waals surface area contributed by atoms with Gasteiger partial charge in [0.25, 0.3) is 0 Å². The summed E-state index contributed by atoms with van der Waals surface area (Å²) >= 11 is 0. The number of aliphatic hydroxyl groups excluding tert-OH is 2. The average Bonchev–Trinajstić information content (AvgIpc) is 3.18. The summed E-state index contributed by atoms with van der Waals surface area (Å²) in [6.07, 6.45) is 9.17. The number of carbonyl (C=O) groups is 2. The molecule has 3 aliphatic rings. The fourth-order valence-electron chi connectivity index (χ4n) is 8.86. The molecule has 1 saturated carbocycles. The topological polar surface area (TPSA) is 148 Å². The Balaban J connectivity index is 1.74. The second kappa shape index (κ2) is 20.0. The summed E-state index contributed by atoms with van der Waals surface area (Å²) in [6, 6.07) is 12.4. The fraction of sp³-hybridized carbons (Fsp3) is 0.558. The van der Waals surface area contributed by atoms with Gasteiger partial charge in [-0.2, -0.15) is 0 Å². The predicted octanol–water partition coefficient (Wildman–Crippen LogP) is 6.55. The van der Waals surface area contributed by atoms with Crippen molar-refractivity contribution in [2.24, 2.45) is 22.9 Å². The molecule has 2 aromatic rings. The standard InChI is InChI=1S/C43H59N3O9/c1-6-20-46(39(49)25-29-14-13-16-31(24-29)51-4)38-28-36(45-52-5)34-26-30(15-9-11-21-47)33(17-10-12-22-48)40-35-27-32(54-42(50)44-8-3)18-19-37(35)55-43(38,41(34)40)53-23-7-2/h7,13-14,16,18-19,24,26-27,30,33,38,40-41,47-48H,2,6,8-12,15,17,20-23,25,28H2,1,3-5H3,(H,44,50). The quantitative estimate of drug-likeness (QED) is 0.0777.